The molecule has 0 aliphatic carbocycles. The number of hydrogen-bond donors (Lipinski definition) is 0. The molecule has 2 aromatic carbocycles. The fourth-order valence-corrected chi connectivity index (χ4v) is 4.78. The molecule has 3 nitrogen and oxygen atoms in total. The summed E-state index contributed by atoms with van der Waals surface area (Å²) in [4.78, 5) is 0. The third-order valence-electron chi connectivity index (χ3n) is 7.17. The van der Waals surface area contributed by atoms with Gasteiger partial charge in [0.25, 0.3) is 0 Å². The van der Waals surface area contributed by atoms with E-state index < -0.39 is 6.29 Å². The Morgan fingerprint density at radius 2 is 1.55 bits per heavy atom. The molecule has 0 bridgehead atoms. The van der Waals surface area contributed by atoms with Gasteiger partial charge in [-0.2, -0.15) is 0 Å². The summed E-state index contributed by atoms with van der Waals surface area (Å²) in [5.41, 5.74) is 7.26. The van der Waals surface area contributed by atoms with Crippen molar-refractivity contribution < 1.29 is 14.2 Å². The largest absolute Gasteiger partial charge is 0.361 e. The summed E-state index contributed by atoms with van der Waals surface area (Å²) in [5.74, 6) is 0.340. The maximum Gasteiger partial charge on any atom is 0.184 e. The normalized spacial score (nSPS) is 27.9. The maximum atomic E-state index is 6.64. The molecule has 0 amide bonds. The van der Waals surface area contributed by atoms with Crippen molar-refractivity contribution in [3.8, 4) is 0 Å². The van der Waals surface area contributed by atoms with Gasteiger partial charge in [0.05, 0.1) is 12.7 Å². The highest BCUT2D eigenvalue weighted by Gasteiger charge is 2.42. The Morgan fingerprint density at radius 3 is 2.18 bits per heavy atom. The molecule has 33 heavy (non-hydrogen) atoms. The van der Waals surface area contributed by atoms with E-state index in [1.54, 1.807) is 0 Å². The van der Waals surface area contributed by atoms with Crippen molar-refractivity contribution in [1.82, 2.24) is 0 Å². The van der Waals surface area contributed by atoms with E-state index in [4.69, 9.17) is 14.2 Å². The van der Waals surface area contributed by atoms with Crippen molar-refractivity contribution in [3.05, 3.63) is 107 Å². The predicted molar refractivity (Wildman–Crippen MR) is 134 cm³/mol. The number of hydrogen-bond acceptors (Lipinski definition) is 3. The van der Waals surface area contributed by atoms with Crippen LogP contribution >= 0.6 is 0 Å². The van der Waals surface area contributed by atoms with Crippen molar-refractivity contribution in [1.29, 1.82) is 0 Å². The van der Waals surface area contributed by atoms with Crippen molar-refractivity contribution in [2.24, 2.45) is 11.8 Å². The Hall–Kier alpha value is -2.46. The molecule has 2 heterocycles. The molecule has 0 aromatic heterocycles. The van der Waals surface area contributed by atoms with E-state index in [0.717, 1.165) is 17.5 Å². The average Bonchev–Trinajstić information content (AvgIpc) is 3.00. The molecule has 2 aliphatic heterocycles. The third-order valence-corrected chi connectivity index (χ3v) is 7.17. The van der Waals surface area contributed by atoms with Crippen LogP contribution in [0.3, 0.4) is 0 Å². The minimum absolute atomic E-state index is 0.125. The molecule has 4 rings (SSSR count). The fourth-order valence-electron chi connectivity index (χ4n) is 4.78. The Bertz CT molecular complexity index is 1040. The summed E-state index contributed by atoms with van der Waals surface area (Å²) in [5, 5.41) is 0. The summed E-state index contributed by atoms with van der Waals surface area (Å²) in [6.07, 6.45) is 8.42. The van der Waals surface area contributed by atoms with E-state index >= 15 is 0 Å². The SMILES string of the molecule is C=CCC(C=C)C1C=CC(c2ccc(C)c(C)c2)OC2COC(c3ccc(C)c(C)c3)OC21. The van der Waals surface area contributed by atoms with Crippen LogP contribution < -0.4 is 0 Å². The smallest absolute Gasteiger partial charge is 0.184 e. The van der Waals surface area contributed by atoms with Gasteiger partial charge in [-0.1, -0.05) is 60.7 Å². The van der Waals surface area contributed by atoms with Gasteiger partial charge in [0.1, 0.15) is 12.2 Å². The second-order valence-corrected chi connectivity index (χ2v) is 9.43. The summed E-state index contributed by atoms with van der Waals surface area (Å²) in [6, 6.07) is 12.9. The van der Waals surface area contributed by atoms with E-state index in [1.807, 2.05) is 12.2 Å². The van der Waals surface area contributed by atoms with Gasteiger partial charge in [-0.3, -0.25) is 0 Å². The minimum atomic E-state index is -0.405. The van der Waals surface area contributed by atoms with Gasteiger partial charge < -0.3 is 14.2 Å². The van der Waals surface area contributed by atoms with Gasteiger partial charge in [0.2, 0.25) is 0 Å². The predicted octanol–water partition coefficient (Wildman–Crippen LogP) is 7.03. The van der Waals surface area contributed by atoms with Gasteiger partial charge in [-0.25, -0.2) is 0 Å². The zero-order valence-electron chi connectivity index (χ0n) is 20.3. The zero-order chi connectivity index (χ0) is 23.5. The first kappa shape index (κ1) is 23.7. The van der Waals surface area contributed by atoms with Crippen LogP contribution in [-0.2, 0) is 14.2 Å². The summed E-state index contributed by atoms with van der Waals surface area (Å²) >= 11 is 0. The summed E-state index contributed by atoms with van der Waals surface area (Å²) in [6.45, 7) is 17.1. The van der Waals surface area contributed by atoms with Gasteiger partial charge in [-0.05, 0) is 67.9 Å². The topological polar surface area (TPSA) is 27.7 Å². The zero-order valence-corrected chi connectivity index (χ0v) is 20.3. The van der Waals surface area contributed by atoms with Crippen LogP contribution in [-0.4, -0.2) is 18.8 Å². The van der Waals surface area contributed by atoms with Crippen molar-refractivity contribution in [2.45, 2.75) is 58.7 Å². The molecule has 0 saturated carbocycles. The van der Waals surface area contributed by atoms with Crippen LogP contribution in [0.4, 0.5) is 0 Å². The molecule has 1 saturated heterocycles. The maximum absolute atomic E-state index is 6.64. The van der Waals surface area contributed by atoms with Crippen LogP contribution in [0.1, 0.15) is 52.2 Å². The van der Waals surface area contributed by atoms with Crippen LogP contribution in [0.25, 0.3) is 0 Å². The first-order valence-corrected chi connectivity index (χ1v) is 11.9. The lowest BCUT2D eigenvalue weighted by Gasteiger charge is -2.41. The van der Waals surface area contributed by atoms with E-state index in [9.17, 15) is 0 Å². The highest BCUT2D eigenvalue weighted by Crippen LogP contribution is 2.40. The van der Waals surface area contributed by atoms with E-state index in [-0.39, 0.29) is 30.1 Å². The van der Waals surface area contributed by atoms with Crippen molar-refractivity contribution >= 4 is 0 Å². The first-order valence-electron chi connectivity index (χ1n) is 11.9. The lowest BCUT2D eigenvalue weighted by molar-refractivity contribution is -0.278. The van der Waals surface area contributed by atoms with Crippen LogP contribution in [0, 0.1) is 39.5 Å². The molecular weight excluding hydrogens is 408 g/mol. The molecule has 6 atom stereocenters. The first-order chi connectivity index (χ1) is 15.9. The molecule has 6 unspecified atom stereocenters. The Balaban J connectivity index is 1.65. The minimum Gasteiger partial charge on any atom is -0.361 e. The second kappa shape index (κ2) is 10.2. The quantitative estimate of drug-likeness (QED) is 0.448. The van der Waals surface area contributed by atoms with E-state index in [2.05, 4.69) is 89.4 Å². The Labute approximate surface area is 198 Å². The number of rotatable bonds is 6. The number of allylic oxidation sites excluding steroid dienone is 2. The fraction of sp³-hybridized carbons (Fsp3) is 0.400. The molecular formula is C30H36O3. The van der Waals surface area contributed by atoms with Crippen molar-refractivity contribution in [2.75, 3.05) is 6.61 Å². The number of fused-ring (bicyclic) bond motifs is 1. The molecule has 3 heteroatoms. The second-order valence-electron chi connectivity index (χ2n) is 9.43. The van der Waals surface area contributed by atoms with Gasteiger partial charge in [0, 0.05) is 11.5 Å². The van der Waals surface area contributed by atoms with Crippen LogP contribution in [0.15, 0.2) is 73.9 Å². The molecule has 0 radical (unpaired) electrons. The van der Waals surface area contributed by atoms with Gasteiger partial charge >= 0.3 is 0 Å². The third kappa shape index (κ3) is 5.06. The number of benzene rings is 2. The highest BCUT2D eigenvalue weighted by atomic mass is 16.7. The number of aryl methyl sites for hydroxylation is 4. The molecule has 1 fully saturated rings. The number of ether oxygens (including phenoxy) is 3. The van der Waals surface area contributed by atoms with Crippen LogP contribution in [0.2, 0.25) is 0 Å². The van der Waals surface area contributed by atoms with Crippen LogP contribution in [0.5, 0.6) is 0 Å². The average molecular weight is 445 g/mol. The Kier molecular flexibility index (Phi) is 7.33. The molecule has 174 valence electrons. The van der Waals surface area contributed by atoms with Crippen molar-refractivity contribution in [3.63, 3.8) is 0 Å². The standard InChI is InChI=1S/C30H36O3/c1-7-9-23(8-2)26-14-15-27(24-12-10-19(3)21(5)16-24)32-28-18-31-30(33-29(26)28)25-13-11-20(4)22(6)17-25/h7-8,10-17,23,26-30H,1-2,9,18H2,3-6H3. The molecule has 0 spiro atoms. The molecule has 2 aliphatic rings. The van der Waals surface area contributed by atoms with Gasteiger partial charge in [0.15, 0.2) is 6.29 Å². The lowest BCUT2D eigenvalue weighted by Crippen LogP contribution is -2.47. The highest BCUT2D eigenvalue weighted by molar-refractivity contribution is 5.34. The molecule has 2 aromatic rings. The van der Waals surface area contributed by atoms with Gasteiger partial charge in [-0.15, -0.1) is 13.2 Å². The monoisotopic (exact) mass is 444 g/mol. The lowest BCUT2D eigenvalue weighted by atomic mass is 9.82. The Morgan fingerprint density at radius 1 is 0.879 bits per heavy atom. The molecule has 0 N–H and O–H groups in total. The van der Waals surface area contributed by atoms with E-state index in [0.29, 0.717) is 6.61 Å². The summed E-state index contributed by atoms with van der Waals surface area (Å²) in [7, 11) is 0. The van der Waals surface area contributed by atoms with E-state index in [1.165, 1.54) is 22.3 Å². The summed E-state index contributed by atoms with van der Waals surface area (Å²) < 4.78 is 19.5.